The second-order valence-electron chi connectivity index (χ2n) is 35.0. The number of aromatic nitrogens is 12. The summed E-state index contributed by atoms with van der Waals surface area (Å²) in [4.78, 5) is 28.3. The summed E-state index contributed by atoms with van der Waals surface area (Å²) >= 11 is 17.5. The van der Waals surface area contributed by atoms with E-state index >= 15 is 17.6 Å². The van der Waals surface area contributed by atoms with Gasteiger partial charge in [0.05, 0.1) is 110 Å². The highest BCUT2D eigenvalue weighted by Gasteiger charge is 2.53. The standard InChI is InChI=1S/2C50H46F2N6S6Si/c1-5-9-15-27(7-3)25-65(26-28(8-4)16-10-6-2)39-23-37(41-31(51)21-29(43-45(41)57-63-55-43)49-53-33-17-11-13-19-35(33)61-49)59-47(39)48-40(65)24-38(60-48)42-32(52)22-30(44-46(42)58-64-56-44)50-54-34-18-12-14-20-36(34)62-50;1-5-9-15-27(7-3)25-65(26-28(8-4)16-10-6-2)39-23-37(29-21-31(51)41(45-43(29)55-63-57-45)49-53-33-17-11-13-19-35(33)61-49)59-47(39)48-40(65)24-38(60-48)30-22-32(52)42(46-44(30)56-64-58-46)50-54-34-18-12-14-20-36(34)62-50/h2*11-14,17-24,27-28H,5-10,15-16,25-26H2,1-4H3. The van der Waals surface area contributed by atoms with Crippen LogP contribution in [-0.2, 0) is 0 Å². The first kappa shape index (κ1) is 88.2. The lowest BCUT2D eigenvalue weighted by Gasteiger charge is -2.35. The predicted molar refractivity (Wildman–Crippen MR) is 558 cm³/mol. The Morgan fingerprint density at radius 3 is 0.815 bits per heavy atom. The summed E-state index contributed by atoms with van der Waals surface area (Å²) in [6.45, 7) is 18.6. The number of thiazole rings is 4. The molecule has 2 aliphatic rings. The Morgan fingerprint density at radius 2 is 0.515 bits per heavy atom. The van der Waals surface area contributed by atoms with E-state index in [0.29, 0.717) is 100 Å². The fourth-order valence-electron chi connectivity index (χ4n) is 20.4. The fraction of sp³-hybridized carbons (Fsp3) is 0.320. The largest absolute Gasteiger partial charge is 0.236 e. The number of para-hydroxylation sites is 4. The maximum absolute atomic E-state index is 17.1. The molecular weight excluding hydrogens is 1890 g/mol. The number of fused-ring (bicyclic) bond motifs is 14. The van der Waals surface area contributed by atoms with Crippen LogP contribution in [0.2, 0.25) is 24.2 Å². The minimum Gasteiger partial charge on any atom is -0.236 e. The number of unbranched alkanes of at least 4 members (excludes halogenated alkanes) is 4. The van der Waals surface area contributed by atoms with E-state index in [1.54, 1.807) is 92.3 Å². The van der Waals surface area contributed by atoms with Crippen LogP contribution >= 0.6 is 138 Å². The summed E-state index contributed by atoms with van der Waals surface area (Å²) in [6, 6.07) is 52.7. The molecule has 4 unspecified atom stereocenters. The molecule has 0 saturated carbocycles. The van der Waals surface area contributed by atoms with Crippen LogP contribution in [0.15, 0.2) is 146 Å². The summed E-state index contributed by atoms with van der Waals surface area (Å²) in [5, 5.41) is 8.54. The Kier molecular flexibility index (Phi) is 25.2. The van der Waals surface area contributed by atoms with E-state index in [4.69, 9.17) is 54.9 Å². The van der Waals surface area contributed by atoms with Gasteiger partial charge in [0.2, 0.25) is 0 Å². The average Bonchev–Trinajstić information content (AvgIpc) is 1.53. The molecule has 22 rings (SSSR count). The number of thiophene rings is 4. The van der Waals surface area contributed by atoms with Crippen LogP contribution in [0.4, 0.5) is 17.6 Å². The molecule has 0 N–H and O–H groups in total. The highest BCUT2D eigenvalue weighted by molar-refractivity contribution is 7.33. The molecule has 2 aliphatic heterocycles. The van der Waals surface area contributed by atoms with Crippen molar-refractivity contribution in [1.29, 1.82) is 0 Å². The molecule has 0 radical (unpaired) electrons. The Morgan fingerprint density at radius 1 is 0.269 bits per heavy atom. The molecule has 0 fully saturated rings. The van der Waals surface area contributed by atoms with Gasteiger partial charge >= 0.3 is 0 Å². The highest BCUT2D eigenvalue weighted by atomic mass is 32.2. The zero-order valence-electron chi connectivity index (χ0n) is 73.1. The maximum Gasteiger partial charge on any atom is 0.136 e. The van der Waals surface area contributed by atoms with E-state index < -0.39 is 16.1 Å². The SMILES string of the molecule is CCCCC(CC)C[Si]1(CC(CC)CCCC)c2cc(-c3c(F)cc(-c4nc5ccccc5s4)c4nsnc34)sc2-c2sc(-c3c(F)cc(-c4nc5ccccc5s4)c4nsnc34)cc21.CCCCC(CC)C[Si]1(CC(CC)CCCC)c2cc(-c3cc(F)c(-c4nc5ccccc5s4)c4nsnc34)sc2-c2sc(-c3cc(F)c(-c4nc5ccccc5s4)c4nsnc34)cc21. The van der Waals surface area contributed by atoms with Gasteiger partial charge in [0.1, 0.15) is 104 Å². The summed E-state index contributed by atoms with van der Waals surface area (Å²) in [5.41, 5.74) is 13.4. The number of nitrogens with zero attached hydrogens (tertiary/aromatic N) is 12. The van der Waals surface area contributed by atoms with Gasteiger partial charge in [0, 0.05) is 61.3 Å². The third-order valence-electron chi connectivity index (χ3n) is 27.2. The minimum atomic E-state index is -2.58. The first-order chi connectivity index (χ1) is 63.6. The van der Waals surface area contributed by atoms with Gasteiger partial charge < -0.3 is 0 Å². The highest BCUT2D eigenvalue weighted by Crippen LogP contribution is 2.56. The minimum absolute atomic E-state index is 0.309. The third-order valence-corrected chi connectivity index (χ3v) is 50.0. The molecule has 30 heteroatoms. The number of benzene rings is 8. The quantitative estimate of drug-likeness (QED) is 0.0291. The second kappa shape index (κ2) is 37.1. The van der Waals surface area contributed by atoms with Crippen LogP contribution < -0.4 is 20.7 Å². The molecule has 14 heterocycles. The van der Waals surface area contributed by atoms with Crippen molar-refractivity contribution in [2.45, 2.75) is 182 Å². The van der Waals surface area contributed by atoms with Crippen LogP contribution in [0.1, 0.15) is 158 Å². The fourth-order valence-corrected chi connectivity index (χ4v) is 47.6. The lowest BCUT2D eigenvalue weighted by atomic mass is 10.0. The van der Waals surface area contributed by atoms with Crippen molar-refractivity contribution in [2.24, 2.45) is 23.7 Å². The van der Waals surface area contributed by atoms with Gasteiger partial charge in [-0.15, -0.1) is 90.7 Å². The normalized spacial score (nSPS) is 14.3. The van der Waals surface area contributed by atoms with Gasteiger partial charge in [0.15, 0.2) is 0 Å². The van der Waals surface area contributed by atoms with Crippen molar-refractivity contribution in [2.75, 3.05) is 0 Å². The summed E-state index contributed by atoms with van der Waals surface area (Å²) in [5.74, 6) is 0.982. The van der Waals surface area contributed by atoms with Crippen LogP contribution in [-0.4, -0.2) is 71.1 Å². The van der Waals surface area contributed by atoms with Crippen LogP contribution in [0.3, 0.4) is 0 Å². The molecule has 0 aliphatic carbocycles. The Hall–Kier alpha value is -8.45. The van der Waals surface area contributed by atoms with Gasteiger partial charge in [-0.1, -0.05) is 207 Å². The van der Waals surface area contributed by atoms with Gasteiger partial charge in [-0.05, 0) is 166 Å². The predicted octanol–water partition coefficient (Wildman–Crippen LogP) is 31.9. The maximum atomic E-state index is 17.1. The Balaban J connectivity index is 0.000000157. The molecule has 8 aromatic carbocycles. The summed E-state index contributed by atoms with van der Waals surface area (Å²) in [6.07, 6.45) is 18.8. The van der Waals surface area contributed by atoms with E-state index in [0.717, 1.165) is 202 Å². The Labute approximate surface area is 802 Å². The van der Waals surface area contributed by atoms with E-state index in [-0.39, 0.29) is 23.3 Å². The first-order valence-corrected chi connectivity index (χ1v) is 59.7. The molecule has 12 aromatic heterocycles. The molecule has 0 amide bonds. The number of hydrogen-bond acceptors (Lipinski definition) is 24. The van der Waals surface area contributed by atoms with E-state index in [1.807, 2.05) is 97.1 Å². The van der Waals surface area contributed by atoms with Crippen molar-refractivity contribution in [3.05, 3.63) is 169 Å². The van der Waals surface area contributed by atoms with E-state index in [9.17, 15) is 0 Å². The van der Waals surface area contributed by atoms with Gasteiger partial charge in [0.25, 0.3) is 0 Å². The molecule has 4 atom stereocenters. The number of rotatable bonds is 32. The van der Waals surface area contributed by atoms with Crippen molar-refractivity contribution in [3.8, 4) is 104 Å². The lowest BCUT2D eigenvalue weighted by Crippen LogP contribution is -2.56. The van der Waals surface area contributed by atoms with Crippen LogP contribution in [0.25, 0.3) is 189 Å². The van der Waals surface area contributed by atoms with Crippen molar-refractivity contribution >= 4 is 260 Å². The van der Waals surface area contributed by atoms with Crippen molar-refractivity contribution < 1.29 is 17.6 Å². The first-order valence-electron chi connectivity index (χ1n) is 45.5. The zero-order valence-corrected chi connectivity index (χ0v) is 84.9. The lowest BCUT2D eigenvalue weighted by molar-refractivity contribution is 0.469. The molecule has 130 heavy (non-hydrogen) atoms. The average molecular weight is 1980 g/mol. The third kappa shape index (κ3) is 15.7. The number of hydrogen-bond donors (Lipinski definition) is 0. The van der Waals surface area contributed by atoms with Gasteiger partial charge in [-0.3, -0.25) is 0 Å². The van der Waals surface area contributed by atoms with Crippen LogP contribution in [0.5, 0.6) is 0 Å². The van der Waals surface area contributed by atoms with E-state index in [1.165, 1.54) is 127 Å². The number of halogens is 4. The van der Waals surface area contributed by atoms with Crippen molar-refractivity contribution in [1.82, 2.24) is 54.9 Å². The van der Waals surface area contributed by atoms with Gasteiger partial charge in [-0.2, -0.15) is 35.0 Å². The second-order valence-corrected chi connectivity index (χ2v) is 53.5. The zero-order chi connectivity index (χ0) is 88.8. The van der Waals surface area contributed by atoms with Gasteiger partial charge in [-0.25, -0.2) is 37.5 Å². The molecule has 20 aromatic rings. The molecule has 660 valence electrons. The molecule has 0 bridgehead atoms. The van der Waals surface area contributed by atoms with Crippen molar-refractivity contribution in [3.63, 3.8) is 0 Å². The monoisotopic (exact) mass is 1980 g/mol. The summed E-state index contributed by atoms with van der Waals surface area (Å²) in [7, 11) is -5.09. The molecule has 0 spiro atoms. The summed E-state index contributed by atoms with van der Waals surface area (Å²) < 4.78 is 110. The molecule has 0 saturated heterocycles. The van der Waals surface area contributed by atoms with Crippen LogP contribution in [0, 0.1) is 46.9 Å². The Bertz CT molecular complexity index is 7070. The smallest absolute Gasteiger partial charge is 0.136 e. The molecule has 12 nitrogen and oxygen atoms in total. The van der Waals surface area contributed by atoms with E-state index in [2.05, 4.69) is 79.7 Å². The molecular formula is C100H92F4N12S12Si2. The topological polar surface area (TPSA) is 155 Å².